The first-order valence-electron chi connectivity index (χ1n) is 4.99. The third kappa shape index (κ3) is 2.95. The third-order valence-electron chi connectivity index (χ3n) is 2.44. The Morgan fingerprint density at radius 2 is 1.47 bits per heavy atom. The Morgan fingerprint density at radius 1 is 0.895 bits per heavy atom. The van der Waals surface area contributed by atoms with E-state index in [9.17, 15) is 10.1 Å². The van der Waals surface area contributed by atoms with Gasteiger partial charge in [-0.15, -0.1) is 0 Å². The van der Waals surface area contributed by atoms with Crippen LogP contribution in [0.1, 0.15) is 0 Å². The van der Waals surface area contributed by atoms with Gasteiger partial charge in [0.2, 0.25) is 0 Å². The Morgan fingerprint density at radius 3 is 1.95 bits per heavy atom. The second-order valence-electron chi connectivity index (χ2n) is 3.67. The second kappa shape index (κ2) is 5.55. The fourth-order valence-electron chi connectivity index (χ4n) is 1.63. The molecule has 0 heterocycles. The summed E-state index contributed by atoms with van der Waals surface area (Å²) in [6, 6.07) is 7.36. The summed E-state index contributed by atoms with van der Waals surface area (Å²) < 4.78 is 0. The van der Waals surface area contributed by atoms with Gasteiger partial charge in [0.05, 0.1) is 15.0 Å². The highest BCUT2D eigenvalue weighted by Gasteiger charge is 2.16. The molecule has 7 heteroatoms. The molecule has 3 nitrogen and oxygen atoms in total. The van der Waals surface area contributed by atoms with Crippen LogP contribution < -0.4 is 0 Å². The van der Waals surface area contributed by atoms with Crippen molar-refractivity contribution in [1.82, 2.24) is 0 Å². The summed E-state index contributed by atoms with van der Waals surface area (Å²) in [5.41, 5.74) is 0.943. The van der Waals surface area contributed by atoms with Gasteiger partial charge >= 0.3 is 0 Å². The third-order valence-corrected chi connectivity index (χ3v) is 3.56. The summed E-state index contributed by atoms with van der Waals surface area (Å²) >= 11 is 23.8. The summed E-state index contributed by atoms with van der Waals surface area (Å²) in [4.78, 5) is 10.1. The molecule has 98 valence electrons. The smallest absolute Gasteiger partial charge is 0.258 e. The number of benzene rings is 2. The molecule has 0 aliphatic carbocycles. The summed E-state index contributed by atoms with van der Waals surface area (Å²) in [7, 11) is 0. The van der Waals surface area contributed by atoms with Gasteiger partial charge in [-0.1, -0.05) is 46.4 Å². The molecule has 2 aromatic rings. The van der Waals surface area contributed by atoms with Gasteiger partial charge in [0.15, 0.2) is 0 Å². The molecular formula is C12H5Cl4NO2. The highest BCUT2D eigenvalue weighted by atomic mass is 35.5. The first kappa shape index (κ1) is 14.4. The Hall–Kier alpha value is -1.000. The standard InChI is InChI=1S/C12H5Cl4NO2/c13-7-4-9(15)12(10(16)5-7)6-1-2-11(17(18)19)8(14)3-6/h1-5H. The molecule has 0 bridgehead atoms. The van der Waals surface area contributed by atoms with Crippen molar-refractivity contribution in [1.29, 1.82) is 0 Å². The molecule has 0 aliphatic heterocycles. The SMILES string of the molecule is O=[N+]([O-])c1ccc(-c2c(Cl)cc(Cl)cc2Cl)cc1Cl. The number of rotatable bonds is 2. The van der Waals surface area contributed by atoms with E-state index in [4.69, 9.17) is 46.4 Å². The molecule has 19 heavy (non-hydrogen) atoms. The summed E-state index contributed by atoms with van der Waals surface area (Å²) in [6.45, 7) is 0. The van der Waals surface area contributed by atoms with Crippen LogP contribution in [0.2, 0.25) is 20.1 Å². The van der Waals surface area contributed by atoms with Crippen molar-refractivity contribution < 1.29 is 4.92 Å². The predicted molar refractivity (Wildman–Crippen MR) is 78.6 cm³/mol. The maximum atomic E-state index is 10.7. The number of hydrogen-bond donors (Lipinski definition) is 0. The molecule has 0 saturated heterocycles. The number of nitro groups is 1. The molecule has 0 radical (unpaired) electrons. The lowest BCUT2D eigenvalue weighted by Gasteiger charge is -2.08. The molecule has 0 amide bonds. The molecule has 0 saturated carbocycles. The lowest BCUT2D eigenvalue weighted by molar-refractivity contribution is -0.384. The van der Waals surface area contributed by atoms with E-state index in [-0.39, 0.29) is 10.7 Å². The Kier molecular flexibility index (Phi) is 4.21. The summed E-state index contributed by atoms with van der Waals surface area (Å²) in [5.74, 6) is 0. The first-order chi connectivity index (χ1) is 8.90. The van der Waals surface area contributed by atoms with E-state index >= 15 is 0 Å². The molecule has 2 rings (SSSR count). The minimum atomic E-state index is -0.558. The van der Waals surface area contributed by atoms with Crippen LogP contribution in [-0.4, -0.2) is 4.92 Å². The average Bonchev–Trinajstić information content (AvgIpc) is 2.26. The van der Waals surface area contributed by atoms with Gasteiger partial charge in [-0.05, 0) is 29.8 Å². The van der Waals surface area contributed by atoms with E-state index in [0.29, 0.717) is 26.2 Å². The topological polar surface area (TPSA) is 43.1 Å². The lowest BCUT2D eigenvalue weighted by Crippen LogP contribution is -1.90. The van der Waals surface area contributed by atoms with E-state index in [1.807, 2.05) is 0 Å². The van der Waals surface area contributed by atoms with E-state index in [1.165, 1.54) is 18.2 Å². The zero-order valence-corrected chi connectivity index (χ0v) is 12.2. The average molecular weight is 337 g/mol. The highest BCUT2D eigenvalue weighted by Crippen LogP contribution is 2.39. The molecule has 0 atom stereocenters. The van der Waals surface area contributed by atoms with Crippen LogP contribution in [0.5, 0.6) is 0 Å². The monoisotopic (exact) mass is 335 g/mol. The van der Waals surface area contributed by atoms with Crippen molar-refractivity contribution in [3.05, 3.63) is 60.5 Å². The van der Waals surface area contributed by atoms with Crippen molar-refractivity contribution >= 4 is 52.1 Å². The molecule has 0 aromatic heterocycles. The van der Waals surface area contributed by atoms with Gasteiger partial charge in [-0.3, -0.25) is 10.1 Å². The minimum Gasteiger partial charge on any atom is -0.258 e. The quantitative estimate of drug-likeness (QED) is 0.508. The van der Waals surface area contributed by atoms with Crippen LogP contribution in [0, 0.1) is 10.1 Å². The maximum Gasteiger partial charge on any atom is 0.287 e. The van der Waals surface area contributed by atoms with E-state index in [0.717, 1.165) is 0 Å². The Balaban J connectivity index is 2.61. The van der Waals surface area contributed by atoms with E-state index in [1.54, 1.807) is 12.1 Å². The van der Waals surface area contributed by atoms with Crippen molar-refractivity contribution in [3.8, 4) is 11.1 Å². The van der Waals surface area contributed by atoms with Crippen LogP contribution in [0.25, 0.3) is 11.1 Å². The van der Waals surface area contributed by atoms with Crippen LogP contribution in [0.15, 0.2) is 30.3 Å². The number of hydrogen-bond acceptors (Lipinski definition) is 2. The van der Waals surface area contributed by atoms with Gasteiger partial charge in [-0.25, -0.2) is 0 Å². The van der Waals surface area contributed by atoms with Gasteiger partial charge < -0.3 is 0 Å². The van der Waals surface area contributed by atoms with Crippen molar-refractivity contribution in [2.45, 2.75) is 0 Å². The lowest BCUT2D eigenvalue weighted by atomic mass is 10.1. The van der Waals surface area contributed by atoms with Crippen LogP contribution in [0.4, 0.5) is 5.69 Å². The fourth-order valence-corrected chi connectivity index (χ4v) is 2.91. The van der Waals surface area contributed by atoms with Crippen LogP contribution in [0.3, 0.4) is 0 Å². The number of halogens is 4. The largest absolute Gasteiger partial charge is 0.287 e. The van der Waals surface area contributed by atoms with Gasteiger partial charge in [0.1, 0.15) is 5.02 Å². The molecule has 2 aromatic carbocycles. The van der Waals surface area contributed by atoms with Gasteiger partial charge in [0.25, 0.3) is 5.69 Å². The normalized spacial score (nSPS) is 10.5. The Bertz CT molecular complexity index is 650. The first-order valence-corrected chi connectivity index (χ1v) is 6.50. The number of nitrogens with zero attached hydrogens (tertiary/aromatic N) is 1. The zero-order valence-electron chi connectivity index (χ0n) is 9.16. The molecular weight excluding hydrogens is 332 g/mol. The number of nitro benzene ring substituents is 1. The van der Waals surface area contributed by atoms with Crippen LogP contribution >= 0.6 is 46.4 Å². The molecule has 0 N–H and O–H groups in total. The van der Waals surface area contributed by atoms with Crippen molar-refractivity contribution in [2.75, 3.05) is 0 Å². The minimum absolute atomic E-state index is 0.0181. The summed E-state index contributed by atoms with van der Waals surface area (Å²) in [6.07, 6.45) is 0. The van der Waals surface area contributed by atoms with Gasteiger partial charge in [-0.2, -0.15) is 0 Å². The molecule has 0 fully saturated rings. The van der Waals surface area contributed by atoms with Gasteiger partial charge in [0, 0.05) is 16.7 Å². The Labute approximate surface area is 128 Å². The van der Waals surface area contributed by atoms with Crippen molar-refractivity contribution in [3.63, 3.8) is 0 Å². The van der Waals surface area contributed by atoms with E-state index in [2.05, 4.69) is 0 Å². The fraction of sp³-hybridized carbons (Fsp3) is 0. The van der Waals surface area contributed by atoms with Crippen molar-refractivity contribution in [2.24, 2.45) is 0 Å². The molecule has 0 unspecified atom stereocenters. The maximum absolute atomic E-state index is 10.7. The second-order valence-corrected chi connectivity index (χ2v) is 5.33. The molecule has 0 aliphatic rings. The van der Waals surface area contributed by atoms with Crippen LogP contribution in [-0.2, 0) is 0 Å². The zero-order chi connectivity index (χ0) is 14.2. The summed E-state index contributed by atoms with van der Waals surface area (Å²) in [5, 5.41) is 11.8. The van der Waals surface area contributed by atoms with E-state index < -0.39 is 4.92 Å². The molecule has 0 spiro atoms. The highest BCUT2D eigenvalue weighted by molar-refractivity contribution is 6.42. The predicted octanol–water partition coefficient (Wildman–Crippen LogP) is 5.88.